The lowest BCUT2D eigenvalue weighted by atomic mass is 10.1. The van der Waals surface area contributed by atoms with Gasteiger partial charge in [0.05, 0.1) is 20.8 Å². The fourth-order valence-electron chi connectivity index (χ4n) is 2.29. The molecule has 0 aliphatic carbocycles. The molecule has 3 aromatic rings. The van der Waals surface area contributed by atoms with E-state index in [-0.39, 0.29) is 22.0 Å². The maximum absolute atomic E-state index is 13.3. The van der Waals surface area contributed by atoms with Crippen LogP contribution in [0.2, 0.25) is 5.02 Å². The predicted molar refractivity (Wildman–Crippen MR) is 88.9 cm³/mol. The average Bonchev–Trinajstić information content (AvgIpc) is 3.03. The van der Waals surface area contributed by atoms with Gasteiger partial charge in [0.2, 0.25) is 5.69 Å². The van der Waals surface area contributed by atoms with E-state index in [9.17, 15) is 24.4 Å². The second-order valence-electron chi connectivity index (χ2n) is 5.23. The lowest BCUT2D eigenvalue weighted by Gasteiger charge is -1.97. The normalized spacial score (nSPS) is 11.0. The zero-order valence-corrected chi connectivity index (χ0v) is 14.1. The Morgan fingerprint density at radius 1 is 1.30 bits per heavy atom. The molecule has 8 nitrogen and oxygen atoms in total. The minimum Gasteiger partial charge on any atom is -0.539 e. The number of nitrogens with zero attached hydrogens (tertiary/aromatic N) is 3. The summed E-state index contributed by atoms with van der Waals surface area (Å²) in [6, 6.07) is 9.24. The Bertz CT molecular complexity index is 1080. The molecule has 0 saturated carbocycles. The van der Waals surface area contributed by atoms with Gasteiger partial charge in [-0.2, -0.15) is 0 Å². The first-order valence-corrected chi connectivity index (χ1v) is 7.76. The number of carbonyl (C=O) groups is 1. The van der Waals surface area contributed by atoms with Crippen LogP contribution in [0.5, 0.6) is 5.95 Å². The van der Waals surface area contributed by atoms with Crippen LogP contribution in [0.25, 0.3) is 11.8 Å². The van der Waals surface area contributed by atoms with Gasteiger partial charge >= 0.3 is 5.69 Å². The molecule has 0 radical (unpaired) electrons. The van der Waals surface area contributed by atoms with Crippen molar-refractivity contribution in [3.63, 3.8) is 0 Å². The number of benzene rings is 2. The first kappa shape index (κ1) is 18.2. The summed E-state index contributed by atoms with van der Waals surface area (Å²) in [5.74, 6) is -2.51. The van der Waals surface area contributed by atoms with E-state index in [1.165, 1.54) is 36.4 Å². The van der Waals surface area contributed by atoms with Crippen molar-refractivity contribution in [2.45, 2.75) is 0 Å². The highest BCUT2D eigenvalue weighted by Crippen LogP contribution is 2.21. The van der Waals surface area contributed by atoms with Crippen molar-refractivity contribution in [1.82, 2.24) is 5.27 Å². The molecule has 0 spiro atoms. The lowest BCUT2D eigenvalue weighted by molar-refractivity contribution is -0.672. The minimum atomic E-state index is -1.02. The molecule has 2 aromatic carbocycles. The van der Waals surface area contributed by atoms with E-state index in [4.69, 9.17) is 11.6 Å². The van der Waals surface area contributed by atoms with Gasteiger partial charge in [-0.15, -0.1) is 0 Å². The molecule has 0 unspecified atom stereocenters. The Morgan fingerprint density at radius 2 is 2.04 bits per heavy atom. The Kier molecular flexibility index (Phi) is 4.95. The summed E-state index contributed by atoms with van der Waals surface area (Å²) in [6.45, 7) is 0. The highest BCUT2D eigenvalue weighted by molar-refractivity contribution is 6.30. The van der Waals surface area contributed by atoms with Crippen LogP contribution in [0.1, 0.15) is 16.1 Å². The molecule has 0 bridgehead atoms. The molecule has 0 atom stereocenters. The van der Waals surface area contributed by atoms with Gasteiger partial charge in [-0.1, -0.05) is 23.7 Å². The van der Waals surface area contributed by atoms with E-state index < -0.39 is 28.2 Å². The van der Waals surface area contributed by atoms with Crippen molar-refractivity contribution in [3.8, 4) is 11.6 Å². The van der Waals surface area contributed by atoms with Crippen LogP contribution in [0.3, 0.4) is 0 Å². The zero-order chi connectivity index (χ0) is 19.6. The second-order valence-corrected chi connectivity index (χ2v) is 5.64. The van der Waals surface area contributed by atoms with E-state index >= 15 is 0 Å². The summed E-state index contributed by atoms with van der Waals surface area (Å²) >= 11 is 5.70. The molecule has 0 aliphatic rings. The van der Waals surface area contributed by atoms with Crippen LogP contribution in [0.4, 0.5) is 10.1 Å². The van der Waals surface area contributed by atoms with Crippen molar-refractivity contribution in [2.24, 2.45) is 0 Å². The number of ketones is 1. The number of para-hydroxylation sites is 1. The monoisotopic (exact) mass is 389 g/mol. The van der Waals surface area contributed by atoms with Gasteiger partial charge in [-0.05, 0) is 29.0 Å². The Hall–Kier alpha value is -3.59. The number of carbonyl (C=O) groups excluding carboxylic acids is 1. The number of hydrogen-bond donors (Lipinski definition) is 0. The smallest absolute Gasteiger partial charge is 0.310 e. The summed E-state index contributed by atoms with van der Waals surface area (Å²) in [5, 5.41) is 26.1. The Morgan fingerprint density at radius 3 is 2.74 bits per heavy atom. The van der Waals surface area contributed by atoms with E-state index in [2.05, 4.69) is 9.79 Å². The number of nitro benzene ring substituents is 1. The summed E-state index contributed by atoms with van der Waals surface area (Å²) in [4.78, 5) is 22.9. The van der Waals surface area contributed by atoms with Crippen LogP contribution in [-0.4, -0.2) is 16.0 Å². The molecule has 27 heavy (non-hydrogen) atoms. The second kappa shape index (κ2) is 7.34. The van der Waals surface area contributed by atoms with Gasteiger partial charge in [0.15, 0.2) is 5.95 Å². The van der Waals surface area contributed by atoms with E-state index in [1.54, 1.807) is 6.07 Å². The number of aromatic nitrogens is 2. The summed E-state index contributed by atoms with van der Waals surface area (Å²) in [5.41, 5.74) is -0.356. The molecule has 0 fully saturated rings. The Balaban J connectivity index is 1.98. The molecule has 136 valence electrons. The maximum atomic E-state index is 13.3. The molecule has 0 N–H and O–H groups in total. The lowest BCUT2D eigenvalue weighted by Crippen LogP contribution is -2.38. The zero-order valence-electron chi connectivity index (χ0n) is 13.3. The van der Waals surface area contributed by atoms with Crippen LogP contribution in [0, 0.1) is 15.9 Å². The van der Waals surface area contributed by atoms with E-state index in [1.807, 2.05) is 0 Å². The summed E-state index contributed by atoms with van der Waals surface area (Å²) in [7, 11) is 0. The SMILES string of the molecule is O=C(/C=C/c1ccccc1[N+](=O)[O-])c1c([O-])on[n+]1-c1ccc(F)c(Cl)c1. The highest BCUT2D eigenvalue weighted by atomic mass is 35.5. The van der Waals surface area contributed by atoms with Crippen molar-refractivity contribution < 1.29 is 28.4 Å². The topological polar surface area (TPSA) is 113 Å². The maximum Gasteiger partial charge on any atom is 0.310 e. The molecular formula is C17H9ClFN3O5. The van der Waals surface area contributed by atoms with Crippen molar-refractivity contribution >= 4 is 29.1 Å². The van der Waals surface area contributed by atoms with Crippen LogP contribution >= 0.6 is 11.6 Å². The number of hydrogen-bond acceptors (Lipinski definition) is 6. The summed E-state index contributed by atoms with van der Waals surface area (Å²) < 4.78 is 18.7. The fourth-order valence-corrected chi connectivity index (χ4v) is 2.46. The number of rotatable bonds is 5. The van der Waals surface area contributed by atoms with Crippen LogP contribution < -0.4 is 9.79 Å². The standard InChI is InChI=1S/C17H9ClFN3O5/c18-12-9-11(6-7-13(12)19)21-16(17(24)27-20-21)15(23)8-5-10-3-1-2-4-14(10)22(25)26/h1-9H/b8-5+. The molecule has 0 aliphatic heterocycles. The first-order valence-electron chi connectivity index (χ1n) is 7.38. The molecular weight excluding hydrogens is 381 g/mol. The molecule has 1 heterocycles. The molecule has 0 saturated heterocycles. The number of allylic oxidation sites excluding steroid dienone is 1. The first-order chi connectivity index (χ1) is 12.9. The van der Waals surface area contributed by atoms with Crippen LogP contribution in [0.15, 0.2) is 53.1 Å². The van der Waals surface area contributed by atoms with Crippen molar-refractivity contribution in [2.75, 3.05) is 0 Å². The van der Waals surface area contributed by atoms with Gasteiger partial charge in [-0.25, -0.2) is 4.39 Å². The predicted octanol–water partition coefficient (Wildman–Crippen LogP) is 2.62. The average molecular weight is 390 g/mol. The number of nitro groups is 1. The van der Waals surface area contributed by atoms with Gasteiger partial charge < -0.3 is 9.63 Å². The third-order valence-electron chi connectivity index (χ3n) is 3.54. The van der Waals surface area contributed by atoms with Gasteiger partial charge in [0.25, 0.3) is 11.5 Å². The van der Waals surface area contributed by atoms with Gasteiger partial charge in [0.1, 0.15) is 5.82 Å². The highest BCUT2D eigenvalue weighted by Gasteiger charge is 2.26. The van der Waals surface area contributed by atoms with Crippen molar-refractivity contribution in [3.05, 3.63) is 80.8 Å². The molecule has 0 amide bonds. The van der Waals surface area contributed by atoms with Gasteiger partial charge in [-0.3, -0.25) is 14.9 Å². The quantitative estimate of drug-likeness (QED) is 0.218. The number of halogens is 2. The van der Waals surface area contributed by atoms with E-state index in [0.29, 0.717) is 0 Å². The molecule has 1 aromatic heterocycles. The van der Waals surface area contributed by atoms with Gasteiger partial charge in [0, 0.05) is 18.2 Å². The fraction of sp³-hybridized carbons (Fsp3) is 0. The molecule has 10 heteroatoms. The van der Waals surface area contributed by atoms with E-state index in [0.717, 1.165) is 16.8 Å². The molecule has 3 rings (SSSR count). The summed E-state index contributed by atoms with van der Waals surface area (Å²) in [6.07, 6.45) is 2.19. The third kappa shape index (κ3) is 3.67. The largest absolute Gasteiger partial charge is 0.539 e. The Labute approximate surface area is 155 Å². The minimum absolute atomic E-state index is 0.134. The van der Waals surface area contributed by atoms with Crippen molar-refractivity contribution in [1.29, 1.82) is 0 Å². The van der Waals surface area contributed by atoms with Crippen LogP contribution in [-0.2, 0) is 0 Å². The third-order valence-corrected chi connectivity index (χ3v) is 3.83.